The molecule has 4 N–H and O–H groups in total. The first kappa shape index (κ1) is 26.3. The zero-order chi connectivity index (χ0) is 21.1. The van der Waals surface area contributed by atoms with Gasteiger partial charge in [-0.2, -0.15) is 0 Å². The van der Waals surface area contributed by atoms with Crippen LogP contribution >= 0.6 is 24.0 Å². The number of primary sulfonamides is 1. The Bertz CT molecular complexity index is 883. The zero-order valence-electron chi connectivity index (χ0n) is 17.5. The van der Waals surface area contributed by atoms with Crippen molar-refractivity contribution >= 4 is 40.0 Å². The molecule has 0 radical (unpaired) electrons. The highest BCUT2D eigenvalue weighted by Crippen LogP contribution is 2.09. The number of hydrogen-bond donors (Lipinski definition) is 3. The van der Waals surface area contributed by atoms with Crippen molar-refractivity contribution in [3.05, 3.63) is 42.0 Å². The third-order valence-electron chi connectivity index (χ3n) is 4.40. The summed E-state index contributed by atoms with van der Waals surface area (Å²) in [6.45, 7) is 6.93. The lowest BCUT2D eigenvalue weighted by molar-refractivity contribution is 0.597. The van der Waals surface area contributed by atoms with E-state index in [0.29, 0.717) is 13.1 Å². The number of nitrogens with zero attached hydrogens (tertiary/aromatic N) is 4. The lowest BCUT2D eigenvalue weighted by Gasteiger charge is -2.13. The number of nitrogens with one attached hydrogen (secondary N) is 2. The van der Waals surface area contributed by atoms with Gasteiger partial charge in [0.15, 0.2) is 5.96 Å². The van der Waals surface area contributed by atoms with Crippen LogP contribution in [0.15, 0.2) is 40.5 Å². The summed E-state index contributed by atoms with van der Waals surface area (Å²) in [7, 11) is -3.68. The van der Waals surface area contributed by atoms with E-state index in [0.717, 1.165) is 56.1 Å². The molecule has 1 heterocycles. The maximum atomic E-state index is 11.4. The van der Waals surface area contributed by atoms with Gasteiger partial charge in [0.25, 0.3) is 0 Å². The summed E-state index contributed by atoms with van der Waals surface area (Å²) in [4.78, 5) is 4.72. The number of sulfonamides is 1. The van der Waals surface area contributed by atoms with Crippen LogP contribution in [0.1, 0.15) is 44.5 Å². The van der Waals surface area contributed by atoms with Crippen LogP contribution in [0.4, 0.5) is 0 Å². The summed E-state index contributed by atoms with van der Waals surface area (Å²) in [6.07, 6.45) is 5.97. The van der Waals surface area contributed by atoms with Gasteiger partial charge in [-0.1, -0.05) is 38.8 Å². The van der Waals surface area contributed by atoms with E-state index in [1.165, 1.54) is 12.1 Å². The van der Waals surface area contributed by atoms with Crippen molar-refractivity contribution in [2.75, 3.05) is 13.1 Å². The number of unbranched alkanes of at least 4 members (excludes halogenated alkanes) is 2. The van der Waals surface area contributed by atoms with Gasteiger partial charge in [-0.25, -0.2) is 18.5 Å². The minimum Gasteiger partial charge on any atom is -0.356 e. The maximum Gasteiger partial charge on any atom is 0.238 e. The Kier molecular flexibility index (Phi) is 11.9. The van der Waals surface area contributed by atoms with E-state index in [2.05, 4.69) is 39.7 Å². The summed E-state index contributed by atoms with van der Waals surface area (Å²) >= 11 is 0. The van der Waals surface area contributed by atoms with Gasteiger partial charge in [-0.15, -0.1) is 34.2 Å². The van der Waals surface area contributed by atoms with Crippen molar-refractivity contribution in [3.8, 4) is 0 Å². The average molecular weight is 549 g/mol. The van der Waals surface area contributed by atoms with Crippen molar-refractivity contribution in [2.24, 2.45) is 10.1 Å². The van der Waals surface area contributed by atoms with E-state index >= 15 is 0 Å². The van der Waals surface area contributed by atoms with E-state index < -0.39 is 10.0 Å². The van der Waals surface area contributed by atoms with Gasteiger partial charge >= 0.3 is 0 Å². The van der Waals surface area contributed by atoms with E-state index in [-0.39, 0.29) is 28.9 Å². The SMILES string of the molecule is CCCCCNC(=NCc1ccc(S(N)(=O)=O)cc1)NCCn1cnnc1CC.I. The molecule has 0 amide bonds. The zero-order valence-corrected chi connectivity index (χ0v) is 20.7. The molecule has 0 fully saturated rings. The quantitative estimate of drug-likeness (QED) is 0.170. The molecular weight excluding hydrogens is 517 g/mol. The molecule has 0 aliphatic carbocycles. The van der Waals surface area contributed by atoms with Crippen molar-refractivity contribution in [1.82, 2.24) is 25.4 Å². The number of aryl methyl sites for hydroxylation is 1. The molecule has 30 heavy (non-hydrogen) atoms. The Labute approximate surface area is 196 Å². The standard InChI is InChI=1S/C19H31N7O2S.HI/c1-3-5-6-11-21-19(22-12-13-26-15-24-25-18(26)4-2)23-14-16-7-9-17(10-8-16)29(20,27)28;/h7-10,15H,3-6,11-14H2,1-2H3,(H2,20,27,28)(H2,21,22,23);1H. The maximum absolute atomic E-state index is 11.4. The average Bonchev–Trinajstić information content (AvgIpc) is 3.16. The predicted octanol–water partition coefficient (Wildman–Crippen LogP) is 2.03. The molecule has 0 spiro atoms. The highest BCUT2D eigenvalue weighted by atomic mass is 127. The number of aromatic nitrogens is 3. The highest BCUT2D eigenvalue weighted by Gasteiger charge is 2.07. The third kappa shape index (κ3) is 8.96. The summed E-state index contributed by atoms with van der Waals surface area (Å²) in [5.41, 5.74) is 0.902. The summed E-state index contributed by atoms with van der Waals surface area (Å²) < 4.78 is 24.7. The van der Waals surface area contributed by atoms with Gasteiger partial charge in [0.1, 0.15) is 12.2 Å². The Morgan fingerprint density at radius 1 is 1.13 bits per heavy atom. The Morgan fingerprint density at radius 2 is 1.83 bits per heavy atom. The van der Waals surface area contributed by atoms with Crippen molar-refractivity contribution < 1.29 is 8.42 Å². The second-order valence-corrected chi connectivity index (χ2v) is 8.27. The van der Waals surface area contributed by atoms with E-state index in [4.69, 9.17) is 5.14 Å². The van der Waals surface area contributed by atoms with Crippen LogP contribution in [0, 0.1) is 0 Å². The molecule has 0 aliphatic rings. The fourth-order valence-corrected chi connectivity index (χ4v) is 3.26. The molecule has 2 rings (SSSR count). The fourth-order valence-electron chi connectivity index (χ4n) is 2.75. The number of hydrogen-bond acceptors (Lipinski definition) is 5. The molecule has 1 aromatic heterocycles. The first-order chi connectivity index (χ1) is 13.9. The molecule has 0 unspecified atom stereocenters. The summed E-state index contributed by atoms with van der Waals surface area (Å²) in [6, 6.07) is 6.45. The topological polar surface area (TPSA) is 127 Å². The lowest BCUT2D eigenvalue weighted by atomic mass is 10.2. The van der Waals surface area contributed by atoms with Crippen LogP contribution < -0.4 is 15.8 Å². The smallest absolute Gasteiger partial charge is 0.238 e. The van der Waals surface area contributed by atoms with Crippen LogP contribution in [0.3, 0.4) is 0 Å². The number of nitrogens with two attached hydrogens (primary N) is 1. The van der Waals surface area contributed by atoms with E-state index in [1.807, 2.05) is 4.57 Å². The molecule has 11 heteroatoms. The fraction of sp³-hybridized carbons (Fsp3) is 0.526. The first-order valence-corrected chi connectivity index (χ1v) is 11.5. The van der Waals surface area contributed by atoms with Gasteiger partial charge < -0.3 is 15.2 Å². The van der Waals surface area contributed by atoms with Crippen molar-refractivity contribution in [1.29, 1.82) is 0 Å². The Balaban J connectivity index is 0.00000450. The molecule has 0 aliphatic heterocycles. The predicted molar refractivity (Wildman–Crippen MR) is 129 cm³/mol. The molecule has 168 valence electrons. The third-order valence-corrected chi connectivity index (χ3v) is 5.33. The van der Waals surface area contributed by atoms with Crippen molar-refractivity contribution in [3.63, 3.8) is 0 Å². The van der Waals surface area contributed by atoms with Gasteiger partial charge in [-0.3, -0.25) is 0 Å². The van der Waals surface area contributed by atoms with Gasteiger partial charge in [0, 0.05) is 26.1 Å². The van der Waals surface area contributed by atoms with Gasteiger partial charge in [0.05, 0.1) is 11.4 Å². The minimum absolute atomic E-state index is 0. The molecule has 0 saturated carbocycles. The van der Waals surface area contributed by atoms with Crippen LogP contribution in [-0.2, 0) is 29.5 Å². The second kappa shape index (κ2) is 13.5. The minimum atomic E-state index is -3.68. The molecular formula is C19H32IN7O2S. The molecule has 9 nitrogen and oxygen atoms in total. The molecule has 2 aromatic rings. The largest absolute Gasteiger partial charge is 0.356 e. The number of rotatable bonds is 11. The molecule has 0 saturated heterocycles. The number of halogens is 1. The van der Waals surface area contributed by atoms with Crippen LogP contribution in [0.25, 0.3) is 0 Å². The monoisotopic (exact) mass is 549 g/mol. The Hall–Kier alpha value is -1.73. The summed E-state index contributed by atoms with van der Waals surface area (Å²) in [5.74, 6) is 1.68. The normalized spacial score (nSPS) is 11.8. The van der Waals surface area contributed by atoms with E-state index in [9.17, 15) is 8.42 Å². The number of benzene rings is 1. The second-order valence-electron chi connectivity index (χ2n) is 6.71. The highest BCUT2D eigenvalue weighted by molar-refractivity contribution is 14.0. The summed E-state index contributed by atoms with van der Waals surface area (Å²) in [5, 5.41) is 19.9. The number of guanidine groups is 1. The van der Waals surface area contributed by atoms with Crippen LogP contribution in [0.2, 0.25) is 0 Å². The van der Waals surface area contributed by atoms with Crippen molar-refractivity contribution in [2.45, 2.75) is 57.5 Å². The lowest BCUT2D eigenvalue weighted by Crippen LogP contribution is -2.39. The van der Waals surface area contributed by atoms with E-state index in [1.54, 1.807) is 18.5 Å². The molecule has 1 aromatic carbocycles. The Morgan fingerprint density at radius 3 is 2.47 bits per heavy atom. The van der Waals surface area contributed by atoms with Gasteiger partial charge in [-0.05, 0) is 24.1 Å². The molecule has 0 atom stereocenters. The van der Waals surface area contributed by atoms with Crippen LogP contribution in [-0.4, -0.2) is 42.2 Å². The van der Waals surface area contributed by atoms with Gasteiger partial charge in [0.2, 0.25) is 10.0 Å². The van der Waals surface area contributed by atoms with Crippen LogP contribution in [0.5, 0.6) is 0 Å². The number of aliphatic imine (C=N–C) groups is 1. The first-order valence-electron chi connectivity index (χ1n) is 9.94. The molecule has 0 bridgehead atoms.